The van der Waals surface area contributed by atoms with Gasteiger partial charge in [-0.15, -0.1) is 0 Å². The van der Waals surface area contributed by atoms with Crippen molar-refractivity contribution < 1.29 is 13.2 Å². The number of hydrogen-bond acceptors (Lipinski definition) is 3. The molecule has 0 saturated carbocycles. The summed E-state index contributed by atoms with van der Waals surface area (Å²) in [4.78, 5) is 0. The molecule has 19 heavy (non-hydrogen) atoms. The quantitative estimate of drug-likeness (QED) is 0.911. The molecule has 0 amide bonds. The molecule has 0 bridgehead atoms. The summed E-state index contributed by atoms with van der Waals surface area (Å²) in [6, 6.07) is 5.68. The minimum atomic E-state index is -3.40. The highest BCUT2D eigenvalue weighted by atomic mass is 32.2. The Morgan fingerprint density at radius 2 is 2.21 bits per heavy atom. The molecule has 1 N–H and O–H groups in total. The Morgan fingerprint density at radius 1 is 1.47 bits per heavy atom. The van der Waals surface area contributed by atoms with Gasteiger partial charge in [-0.25, -0.2) is 4.72 Å². The average molecular weight is 284 g/mol. The van der Waals surface area contributed by atoms with Gasteiger partial charge in [-0.05, 0) is 36.6 Å². The van der Waals surface area contributed by atoms with Crippen LogP contribution >= 0.6 is 0 Å². The fourth-order valence-corrected chi connectivity index (χ4v) is 3.88. The Labute approximate surface area is 114 Å². The lowest BCUT2D eigenvalue weighted by Gasteiger charge is -2.34. The largest absolute Gasteiger partial charge is 0.497 e. The molecule has 1 unspecified atom stereocenters. The van der Waals surface area contributed by atoms with Crippen LogP contribution in [0.2, 0.25) is 0 Å². The lowest BCUT2D eigenvalue weighted by Crippen LogP contribution is -2.45. The van der Waals surface area contributed by atoms with Gasteiger partial charge in [0, 0.05) is 19.1 Å². The second kappa shape index (κ2) is 5.48. The maximum Gasteiger partial charge on any atom is 0.279 e. The second-order valence-corrected chi connectivity index (χ2v) is 6.31. The lowest BCUT2D eigenvalue weighted by molar-refractivity contribution is 0.320. The summed E-state index contributed by atoms with van der Waals surface area (Å²) < 4.78 is 33.6. The van der Waals surface area contributed by atoms with Crippen molar-refractivity contribution in [2.24, 2.45) is 0 Å². The van der Waals surface area contributed by atoms with Crippen LogP contribution in [-0.2, 0) is 16.6 Å². The number of ether oxygens (including phenoxy) is 1. The molecule has 1 heterocycles. The van der Waals surface area contributed by atoms with E-state index in [4.69, 9.17) is 4.74 Å². The minimum Gasteiger partial charge on any atom is -0.497 e. The molecule has 0 fully saturated rings. The van der Waals surface area contributed by atoms with Crippen LogP contribution in [0.15, 0.2) is 18.2 Å². The Morgan fingerprint density at radius 3 is 2.84 bits per heavy atom. The molecule has 1 atom stereocenters. The molecule has 0 radical (unpaired) electrons. The van der Waals surface area contributed by atoms with Crippen LogP contribution in [0.5, 0.6) is 5.75 Å². The number of rotatable bonds is 4. The van der Waals surface area contributed by atoms with E-state index in [1.807, 2.05) is 25.1 Å². The number of fused-ring (bicyclic) bond motifs is 1. The Hall–Kier alpha value is -1.11. The summed E-state index contributed by atoms with van der Waals surface area (Å²) in [5, 5.41) is 0. The highest BCUT2D eigenvalue weighted by molar-refractivity contribution is 7.87. The van der Waals surface area contributed by atoms with Gasteiger partial charge in [-0.3, -0.25) is 0 Å². The maximum absolute atomic E-state index is 12.1. The van der Waals surface area contributed by atoms with Gasteiger partial charge in [0.05, 0.1) is 7.11 Å². The number of nitrogens with one attached hydrogen (secondary N) is 1. The number of benzene rings is 1. The smallest absolute Gasteiger partial charge is 0.279 e. The first kappa shape index (κ1) is 14.3. The van der Waals surface area contributed by atoms with Gasteiger partial charge in [0.1, 0.15) is 5.75 Å². The fourth-order valence-electron chi connectivity index (χ4n) is 2.49. The topological polar surface area (TPSA) is 58.6 Å². The normalized spacial score (nSPS) is 20.1. The first-order valence-corrected chi connectivity index (χ1v) is 7.87. The Bertz CT molecular complexity index is 557. The first-order valence-electron chi connectivity index (χ1n) is 6.43. The van der Waals surface area contributed by atoms with E-state index >= 15 is 0 Å². The van der Waals surface area contributed by atoms with E-state index in [2.05, 4.69) is 4.72 Å². The van der Waals surface area contributed by atoms with Crippen molar-refractivity contribution >= 4 is 10.2 Å². The standard InChI is InChI=1S/C13H20N2O3S/c1-4-14-19(16,17)15-8-7-11-5-6-12(18-3)9-13(11)10(15)2/h5-6,9-10,14H,4,7-8H2,1-3H3. The van der Waals surface area contributed by atoms with Gasteiger partial charge in [-0.2, -0.15) is 12.7 Å². The van der Waals surface area contributed by atoms with E-state index in [0.717, 1.165) is 17.7 Å². The predicted octanol–water partition coefficient (Wildman–Crippen LogP) is 1.47. The van der Waals surface area contributed by atoms with Crippen molar-refractivity contribution in [1.82, 2.24) is 9.03 Å². The number of hydrogen-bond donors (Lipinski definition) is 1. The number of methoxy groups -OCH3 is 1. The van der Waals surface area contributed by atoms with Gasteiger partial charge >= 0.3 is 0 Å². The van der Waals surface area contributed by atoms with Gasteiger partial charge < -0.3 is 4.74 Å². The van der Waals surface area contributed by atoms with Crippen LogP contribution in [-0.4, -0.2) is 32.9 Å². The third-order valence-corrected chi connectivity index (χ3v) is 5.24. The van der Waals surface area contributed by atoms with E-state index in [1.165, 1.54) is 9.87 Å². The van der Waals surface area contributed by atoms with Crippen molar-refractivity contribution in [2.75, 3.05) is 20.2 Å². The van der Waals surface area contributed by atoms with Gasteiger partial charge in [-0.1, -0.05) is 13.0 Å². The summed E-state index contributed by atoms with van der Waals surface area (Å²) in [5.41, 5.74) is 2.21. The first-order chi connectivity index (χ1) is 8.99. The zero-order chi connectivity index (χ0) is 14.0. The molecular formula is C13H20N2O3S. The highest BCUT2D eigenvalue weighted by Gasteiger charge is 2.32. The fraction of sp³-hybridized carbons (Fsp3) is 0.538. The molecule has 1 aromatic rings. The third kappa shape index (κ3) is 2.75. The molecular weight excluding hydrogens is 264 g/mol. The van der Waals surface area contributed by atoms with Gasteiger partial charge in [0.2, 0.25) is 0 Å². The van der Waals surface area contributed by atoms with Crippen LogP contribution in [0.1, 0.15) is 31.0 Å². The molecule has 1 aliphatic rings. The van der Waals surface area contributed by atoms with Crippen LogP contribution < -0.4 is 9.46 Å². The van der Waals surface area contributed by atoms with E-state index in [-0.39, 0.29) is 6.04 Å². The van der Waals surface area contributed by atoms with Crippen molar-refractivity contribution in [3.63, 3.8) is 0 Å². The van der Waals surface area contributed by atoms with Gasteiger partial charge in [0.15, 0.2) is 0 Å². The molecule has 2 rings (SSSR count). The van der Waals surface area contributed by atoms with Gasteiger partial charge in [0.25, 0.3) is 10.2 Å². The predicted molar refractivity (Wildman–Crippen MR) is 74.4 cm³/mol. The molecule has 6 heteroatoms. The molecule has 106 valence electrons. The molecule has 0 aliphatic carbocycles. The van der Waals surface area contributed by atoms with Crippen LogP contribution in [0.4, 0.5) is 0 Å². The van der Waals surface area contributed by atoms with Crippen LogP contribution in [0.3, 0.4) is 0 Å². The molecule has 1 aliphatic heterocycles. The van der Waals surface area contributed by atoms with Crippen molar-refractivity contribution in [2.45, 2.75) is 26.3 Å². The van der Waals surface area contributed by atoms with Crippen LogP contribution in [0, 0.1) is 0 Å². The molecule has 1 aromatic carbocycles. The van der Waals surface area contributed by atoms with E-state index in [0.29, 0.717) is 13.1 Å². The highest BCUT2D eigenvalue weighted by Crippen LogP contribution is 2.33. The van der Waals surface area contributed by atoms with Crippen molar-refractivity contribution in [1.29, 1.82) is 0 Å². The zero-order valence-corrected chi connectivity index (χ0v) is 12.3. The van der Waals surface area contributed by atoms with E-state index < -0.39 is 10.2 Å². The van der Waals surface area contributed by atoms with Crippen LogP contribution in [0.25, 0.3) is 0 Å². The molecule has 0 spiro atoms. The second-order valence-electron chi connectivity index (χ2n) is 4.60. The zero-order valence-electron chi connectivity index (χ0n) is 11.5. The Balaban J connectivity index is 2.35. The summed E-state index contributed by atoms with van der Waals surface area (Å²) in [6.07, 6.45) is 0.730. The molecule has 0 aromatic heterocycles. The third-order valence-electron chi connectivity index (χ3n) is 3.47. The van der Waals surface area contributed by atoms with E-state index in [1.54, 1.807) is 14.0 Å². The SMILES string of the molecule is CCNS(=O)(=O)N1CCc2ccc(OC)cc2C1C. The molecule has 5 nitrogen and oxygen atoms in total. The summed E-state index contributed by atoms with van der Waals surface area (Å²) in [7, 11) is -1.79. The monoisotopic (exact) mass is 284 g/mol. The average Bonchev–Trinajstić information content (AvgIpc) is 2.38. The van der Waals surface area contributed by atoms with Crippen molar-refractivity contribution in [3.8, 4) is 5.75 Å². The summed E-state index contributed by atoms with van der Waals surface area (Å²) in [5.74, 6) is 0.758. The number of nitrogens with zero attached hydrogens (tertiary/aromatic N) is 1. The lowest BCUT2D eigenvalue weighted by atomic mass is 9.95. The van der Waals surface area contributed by atoms with Crippen molar-refractivity contribution in [3.05, 3.63) is 29.3 Å². The minimum absolute atomic E-state index is 0.178. The Kier molecular flexibility index (Phi) is 4.13. The summed E-state index contributed by atoms with van der Waals surface area (Å²) in [6.45, 7) is 4.60. The molecule has 0 saturated heterocycles. The maximum atomic E-state index is 12.1. The van der Waals surface area contributed by atoms with E-state index in [9.17, 15) is 8.42 Å². The summed E-state index contributed by atoms with van der Waals surface area (Å²) >= 11 is 0.